The van der Waals surface area contributed by atoms with Crippen molar-refractivity contribution in [1.29, 1.82) is 0 Å². The Hall–Kier alpha value is -4.53. The van der Waals surface area contributed by atoms with Crippen LogP contribution in [0.5, 0.6) is 17.2 Å². The summed E-state index contributed by atoms with van der Waals surface area (Å²) in [4.78, 5) is 36.7. The summed E-state index contributed by atoms with van der Waals surface area (Å²) in [6, 6.07) is 18.7. The summed E-state index contributed by atoms with van der Waals surface area (Å²) < 4.78 is 15.3. The molecule has 1 atom stereocenters. The maximum absolute atomic E-state index is 12.7. The monoisotopic (exact) mass is 464 g/mol. The molecule has 0 radical (unpaired) electrons. The Balaban J connectivity index is 1.63. The number of aromatic hydroxyl groups is 1. The van der Waals surface area contributed by atoms with Gasteiger partial charge in [0.1, 0.15) is 17.2 Å². The normalized spacial score (nSPS) is 11.1. The lowest BCUT2D eigenvalue weighted by Gasteiger charge is -2.17. The fourth-order valence-electron chi connectivity index (χ4n) is 2.83. The van der Waals surface area contributed by atoms with E-state index in [0.717, 1.165) is 0 Å². The van der Waals surface area contributed by atoms with Gasteiger partial charge in [-0.3, -0.25) is 9.59 Å². The number of anilines is 2. The minimum Gasteiger partial charge on any atom is -0.508 e. The highest BCUT2D eigenvalue weighted by Gasteiger charge is 2.17. The largest absolute Gasteiger partial charge is 0.513 e. The number of carbonyl (C=O) groups excluding carboxylic acids is 3. The van der Waals surface area contributed by atoms with Crippen molar-refractivity contribution >= 4 is 29.3 Å². The molecule has 0 aliphatic heterocycles. The Bertz CT molecular complexity index is 1140. The van der Waals surface area contributed by atoms with E-state index in [1.54, 1.807) is 50.2 Å². The molecule has 0 spiro atoms. The summed E-state index contributed by atoms with van der Waals surface area (Å²) in [6.07, 6.45) is -1.66. The van der Waals surface area contributed by atoms with Crippen molar-refractivity contribution in [1.82, 2.24) is 0 Å². The van der Waals surface area contributed by atoms with Crippen LogP contribution in [0, 0.1) is 0 Å². The molecular weight excluding hydrogens is 440 g/mol. The van der Waals surface area contributed by atoms with Crippen LogP contribution in [-0.2, 0) is 9.53 Å². The van der Waals surface area contributed by atoms with Gasteiger partial charge >= 0.3 is 6.16 Å². The summed E-state index contributed by atoms with van der Waals surface area (Å²) in [5.74, 6) is -0.0778. The fourth-order valence-corrected chi connectivity index (χ4v) is 2.83. The predicted octanol–water partition coefficient (Wildman–Crippen LogP) is 4.59. The summed E-state index contributed by atoms with van der Waals surface area (Å²) in [7, 11) is 0. The quantitative estimate of drug-likeness (QED) is 0.329. The van der Waals surface area contributed by atoms with Crippen molar-refractivity contribution in [2.24, 2.45) is 0 Å². The van der Waals surface area contributed by atoms with Crippen LogP contribution in [0.25, 0.3) is 0 Å². The number of amides is 2. The molecule has 0 bridgehead atoms. The van der Waals surface area contributed by atoms with Gasteiger partial charge in [0, 0.05) is 5.56 Å². The van der Waals surface area contributed by atoms with Gasteiger partial charge in [-0.15, -0.1) is 0 Å². The second-order valence-corrected chi connectivity index (χ2v) is 7.05. The Kier molecular flexibility index (Phi) is 8.07. The molecular formula is C25H24N2O7. The van der Waals surface area contributed by atoms with Crippen LogP contribution in [0.15, 0.2) is 72.8 Å². The van der Waals surface area contributed by atoms with Gasteiger partial charge in [0.15, 0.2) is 6.10 Å². The number of phenols is 1. The van der Waals surface area contributed by atoms with E-state index in [4.69, 9.17) is 14.2 Å². The van der Waals surface area contributed by atoms with Crippen LogP contribution in [0.1, 0.15) is 24.2 Å². The van der Waals surface area contributed by atoms with E-state index >= 15 is 0 Å². The topological polar surface area (TPSA) is 123 Å². The van der Waals surface area contributed by atoms with E-state index in [2.05, 4.69) is 10.6 Å². The van der Waals surface area contributed by atoms with Gasteiger partial charge < -0.3 is 30.0 Å². The van der Waals surface area contributed by atoms with Crippen LogP contribution in [-0.4, -0.2) is 35.8 Å². The first-order chi connectivity index (χ1) is 16.4. The van der Waals surface area contributed by atoms with Gasteiger partial charge in [-0.25, -0.2) is 4.79 Å². The number of ether oxygens (including phenoxy) is 3. The first kappa shape index (κ1) is 24.1. The van der Waals surface area contributed by atoms with Gasteiger partial charge in [-0.1, -0.05) is 12.1 Å². The molecule has 9 nitrogen and oxygen atoms in total. The van der Waals surface area contributed by atoms with Gasteiger partial charge in [-0.05, 0) is 74.5 Å². The second kappa shape index (κ2) is 11.4. The van der Waals surface area contributed by atoms with Gasteiger partial charge in [-0.2, -0.15) is 0 Å². The Morgan fingerprint density at radius 2 is 1.44 bits per heavy atom. The van der Waals surface area contributed by atoms with Crippen LogP contribution in [0.4, 0.5) is 16.2 Å². The van der Waals surface area contributed by atoms with Gasteiger partial charge in [0.2, 0.25) is 0 Å². The molecule has 0 saturated carbocycles. The van der Waals surface area contributed by atoms with Crippen molar-refractivity contribution < 1.29 is 33.7 Å². The first-order valence-electron chi connectivity index (χ1n) is 10.5. The standard InChI is InChI=1S/C25H24N2O7/c1-3-32-25(31)34-20-12-8-17(9-13-20)24(30)27-22-7-5-4-6-21(22)26-23(29)16(2)33-19-14-10-18(28)11-15-19/h4-16,28H,3H2,1-2H3,(H,26,29)(H,27,30). The van der Waals surface area contributed by atoms with Crippen LogP contribution in [0.2, 0.25) is 0 Å². The molecule has 0 fully saturated rings. The first-order valence-corrected chi connectivity index (χ1v) is 10.5. The van der Waals surface area contributed by atoms with E-state index in [9.17, 15) is 19.5 Å². The average molecular weight is 464 g/mol. The van der Waals surface area contributed by atoms with Crippen LogP contribution < -0.4 is 20.1 Å². The third kappa shape index (κ3) is 6.73. The number of rotatable bonds is 8. The third-order valence-electron chi connectivity index (χ3n) is 4.53. The Morgan fingerprint density at radius 3 is 2.06 bits per heavy atom. The van der Waals surface area contributed by atoms with E-state index in [1.165, 1.54) is 36.4 Å². The lowest BCUT2D eigenvalue weighted by molar-refractivity contribution is -0.122. The van der Waals surface area contributed by atoms with E-state index in [-0.39, 0.29) is 18.1 Å². The van der Waals surface area contributed by atoms with Gasteiger partial charge in [0.25, 0.3) is 11.8 Å². The molecule has 1 unspecified atom stereocenters. The number of carbonyl (C=O) groups is 3. The SMILES string of the molecule is CCOC(=O)Oc1ccc(C(=O)Nc2ccccc2NC(=O)C(C)Oc2ccc(O)cc2)cc1. The van der Waals surface area contributed by atoms with Crippen molar-refractivity contribution in [2.45, 2.75) is 20.0 Å². The molecule has 9 heteroatoms. The van der Waals surface area contributed by atoms with Gasteiger partial charge in [0.05, 0.1) is 18.0 Å². The molecule has 0 saturated heterocycles. The molecule has 0 aliphatic rings. The lowest BCUT2D eigenvalue weighted by atomic mass is 10.2. The highest BCUT2D eigenvalue weighted by molar-refractivity contribution is 6.07. The predicted molar refractivity (Wildman–Crippen MR) is 125 cm³/mol. The van der Waals surface area contributed by atoms with Crippen LogP contribution >= 0.6 is 0 Å². The zero-order valence-electron chi connectivity index (χ0n) is 18.6. The number of benzene rings is 3. The molecule has 3 aromatic carbocycles. The van der Waals surface area contributed by atoms with Crippen LogP contribution in [0.3, 0.4) is 0 Å². The molecule has 0 aliphatic carbocycles. The summed E-state index contributed by atoms with van der Waals surface area (Å²) in [6.45, 7) is 3.44. The zero-order valence-corrected chi connectivity index (χ0v) is 18.6. The highest BCUT2D eigenvalue weighted by atomic mass is 16.7. The minimum absolute atomic E-state index is 0.0929. The van der Waals surface area contributed by atoms with E-state index in [1.807, 2.05) is 0 Å². The van der Waals surface area contributed by atoms with Crippen molar-refractivity contribution in [3.63, 3.8) is 0 Å². The number of hydrogen-bond acceptors (Lipinski definition) is 7. The number of para-hydroxylation sites is 2. The number of hydrogen-bond donors (Lipinski definition) is 3. The molecule has 2 amide bonds. The third-order valence-corrected chi connectivity index (χ3v) is 4.53. The van der Waals surface area contributed by atoms with Crippen molar-refractivity contribution in [3.05, 3.63) is 78.4 Å². The summed E-state index contributed by atoms with van der Waals surface area (Å²) >= 11 is 0. The molecule has 0 heterocycles. The number of nitrogens with one attached hydrogen (secondary N) is 2. The molecule has 0 aromatic heterocycles. The maximum atomic E-state index is 12.7. The molecule has 3 N–H and O–H groups in total. The molecule has 34 heavy (non-hydrogen) atoms. The average Bonchev–Trinajstić information content (AvgIpc) is 2.82. The number of phenolic OH excluding ortho intramolecular Hbond substituents is 1. The molecule has 3 aromatic rings. The van der Waals surface area contributed by atoms with E-state index < -0.39 is 24.1 Å². The maximum Gasteiger partial charge on any atom is 0.513 e. The minimum atomic E-state index is -0.833. The summed E-state index contributed by atoms with van der Waals surface area (Å²) in [5, 5.41) is 14.8. The fraction of sp³-hybridized carbons (Fsp3) is 0.160. The Morgan fingerprint density at radius 1 is 0.853 bits per heavy atom. The smallest absolute Gasteiger partial charge is 0.508 e. The molecule has 3 rings (SSSR count). The second-order valence-electron chi connectivity index (χ2n) is 7.05. The summed E-state index contributed by atoms with van der Waals surface area (Å²) in [5.41, 5.74) is 1.11. The van der Waals surface area contributed by atoms with E-state index in [0.29, 0.717) is 22.7 Å². The zero-order chi connectivity index (χ0) is 24.5. The van der Waals surface area contributed by atoms with Crippen molar-refractivity contribution in [3.8, 4) is 17.2 Å². The molecule has 176 valence electrons. The highest BCUT2D eigenvalue weighted by Crippen LogP contribution is 2.23. The Labute approximate surface area is 196 Å². The van der Waals surface area contributed by atoms with Crippen molar-refractivity contribution in [2.75, 3.05) is 17.2 Å². The lowest BCUT2D eigenvalue weighted by Crippen LogP contribution is -2.30.